The zero-order valence-corrected chi connectivity index (χ0v) is 17.3. The monoisotopic (exact) mass is 433 g/mol. The second-order valence-electron chi connectivity index (χ2n) is 7.42. The van der Waals surface area contributed by atoms with E-state index >= 15 is 0 Å². The van der Waals surface area contributed by atoms with Gasteiger partial charge in [0.1, 0.15) is 23.0 Å². The van der Waals surface area contributed by atoms with E-state index in [1.165, 1.54) is 18.3 Å². The van der Waals surface area contributed by atoms with Crippen LogP contribution in [0.4, 0.5) is 4.39 Å². The van der Waals surface area contributed by atoms with E-state index in [4.69, 9.17) is 9.84 Å². The van der Waals surface area contributed by atoms with E-state index in [9.17, 15) is 14.0 Å². The largest absolute Gasteiger partial charge is 0.497 e. The van der Waals surface area contributed by atoms with Crippen molar-refractivity contribution in [3.63, 3.8) is 0 Å². The molecule has 162 valence electrons. The summed E-state index contributed by atoms with van der Waals surface area (Å²) in [5.74, 6) is -1.11. The van der Waals surface area contributed by atoms with Crippen molar-refractivity contribution < 1.29 is 23.8 Å². The molecule has 0 saturated carbocycles. The van der Waals surface area contributed by atoms with E-state index in [0.29, 0.717) is 23.0 Å². The van der Waals surface area contributed by atoms with Gasteiger partial charge in [-0.15, -0.1) is 0 Å². The zero-order valence-electron chi connectivity index (χ0n) is 17.3. The number of methoxy groups -OCH3 is 1. The van der Waals surface area contributed by atoms with E-state index in [0.717, 1.165) is 11.3 Å². The number of ether oxygens (including phenoxy) is 1. The second-order valence-corrected chi connectivity index (χ2v) is 7.42. The third kappa shape index (κ3) is 4.80. The number of carboxylic acid groups (broad SMARTS) is 1. The lowest BCUT2D eigenvalue weighted by Crippen LogP contribution is -2.09. The highest BCUT2D eigenvalue weighted by molar-refractivity contribution is 5.87. The Kier molecular flexibility index (Phi) is 5.93. The lowest BCUT2D eigenvalue weighted by atomic mass is 10.0. The van der Waals surface area contributed by atoms with Crippen molar-refractivity contribution in [1.29, 1.82) is 0 Å². The van der Waals surface area contributed by atoms with Crippen molar-refractivity contribution in [2.24, 2.45) is 0 Å². The fourth-order valence-corrected chi connectivity index (χ4v) is 3.48. The number of carboxylic acids is 1. The predicted molar refractivity (Wildman–Crippen MR) is 115 cm³/mol. The lowest BCUT2D eigenvalue weighted by Gasteiger charge is -2.04. The first-order valence-corrected chi connectivity index (χ1v) is 9.89. The summed E-state index contributed by atoms with van der Waals surface area (Å²) in [6, 6.07) is 13.5. The highest BCUT2D eigenvalue weighted by atomic mass is 19.1. The maximum absolute atomic E-state index is 14.6. The molecule has 2 aromatic carbocycles. The Morgan fingerprint density at radius 3 is 2.56 bits per heavy atom. The SMILES string of the molecule is COc1ccc(Cn2cc3cc(F)c(CC(=O)Cc4ccnc(C(=O)O)c4)cc3n2)cc1. The van der Waals surface area contributed by atoms with Gasteiger partial charge in [0.2, 0.25) is 0 Å². The number of nitrogens with zero attached hydrogens (tertiary/aromatic N) is 3. The summed E-state index contributed by atoms with van der Waals surface area (Å²) >= 11 is 0. The number of Topliss-reactive ketones (excluding diaryl/α,β-unsaturated/α-hetero) is 1. The van der Waals surface area contributed by atoms with Crippen LogP contribution < -0.4 is 4.74 Å². The molecule has 8 heteroatoms. The van der Waals surface area contributed by atoms with E-state index in [1.807, 2.05) is 24.3 Å². The molecule has 0 radical (unpaired) electrons. The number of aromatic nitrogens is 3. The minimum atomic E-state index is -1.17. The number of carbonyl (C=O) groups is 2. The van der Waals surface area contributed by atoms with Crippen LogP contribution in [0.2, 0.25) is 0 Å². The lowest BCUT2D eigenvalue weighted by molar-refractivity contribution is -0.117. The smallest absolute Gasteiger partial charge is 0.354 e. The average molecular weight is 433 g/mol. The number of halogens is 1. The molecule has 0 fully saturated rings. The summed E-state index contributed by atoms with van der Waals surface area (Å²) in [6.07, 6.45) is 2.98. The van der Waals surface area contributed by atoms with Crippen LogP contribution in [-0.4, -0.2) is 38.7 Å². The summed E-state index contributed by atoms with van der Waals surface area (Å²) in [7, 11) is 1.61. The maximum atomic E-state index is 14.6. The molecule has 4 rings (SSSR count). The first-order valence-electron chi connectivity index (χ1n) is 9.89. The van der Waals surface area contributed by atoms with Gasteiger partial charge in [-0.1, -0.05) is 12.1 Å². The number of rotatable bonds is 8. The number of carbonyl (C=O) groups excluding carboxylic acids is 1. The van der Waals surface area contributed by atoms with Crippen molar-refractivity contribution in [3.05, 3.63) is 89.1 Å². The van der Waals surface area contributed by atoms with Crippen molar-refractivity contribution in [1.82, 2.24) is 14.8 Å². The number of benzene rings is 2. The minimum absolute atomic E-state index is 0.00775. The van der Waals surface area contributed by atoms with Crippen LogP contribution in [0.25, 0.3) is 10.9 Å². The summed E-state index contributed by atoms with van der Waals surface area (Å²) < 4.78 is 21.5. The fourth-order valence-electron chi connectivity index (χ4n) is 3.48. The molecule has 0 bridgehead atoms. The Morgan fingerprint density at radius 1 is 1.06 bits per heavy atom. The van der Waals surface area contributed by atoms with Gasteiger partial charge in [-0.05, 0) is 53.1 Å². The van der Waals surface area contributed by atoms with Crippen LogP contribution in [0.1, 0.15) is 27.2 Å². The molecule has 0 amide bonds. The maximum Gasteiger partial charge on any atom is 0.354 e. The molecular weight excluding hydrogens is 413 g/mol. The summed E-state index contributed by atoms with van der Waals surface area (Å²) in [4.78, 5) is 27.2. The molecule has 4 aromatic rings. The summed E-state index contributed by atoms with van der Waals surface area (Å²) in [6.45, 7) is 0.516. The Bertz CT molecular complexity index is 1300. The highest BCUT2D eigenvalue weighted by Gasteiger charge is 2.14. The normalized spacial score (nSPS) is 10.9. The van der Waals surface area contributed by atoms with Crippen molar-refractivity contribution >= 4 is 22.7 Å². The summed E-state index contributed by atoms with van der Waals surface area (Å²) in [5, 5.41) is 14.2. The Labute approximate surface area is 183 Å². The standard InChI is InChI=1S/C24H20FN3O4/c1-32-20-4-2-15(3-5-20)13-28-14-18-11-21(25)17(12-22(18)27-28)10-19(29)8-16-6-7-26-23(9-16)24(30)31/h2-7,9,11-12,14H,8,10,13H2,1H3,(H,30,31). The van der Waals surface area contributed by atoms with Gasteiger partial charge in [-0.3, -0.25) is 9.48 Å². The number of ketones is 1. The topological polar surface area (TPSA) is 94.3 Å². The molecule has 2 aromatic heterocycles. The summed E-state index contributed by atoms with van der Waals surface area (Å²) in [5.41, 5.74) is 2.26. The van der Waals surface area contributed by atoms with Gasteiger partial charge in [0.15, 0.2) is 0 Å². The highest BCUT2D eigenvalue weighted by Crippen LogP contribution is 2.20. The third-order valence-corrected chi connectivity index (χ3v) is 5.06. The average Bonchev–Trinajstić information content (AvgIpc) is 3.15. The molecule has 2 heterocycles. The molecule has 0 atom stereocenters. The molecule has 0 aliphatic rings. The van der Waals surface area contributed by atoms with Crippen LogP contribution in [-0.2, 0) is 24.2 Å². The van der Waals surface area contributed by atoms with Crippen molar-refractivity contribution in [3.8, 4) is 5.75 Å². The van der Waals surface area contributed by atoms with Crippen LogP contribution in [0.15, 0.2) is 60.9 Å². The van der Waals surface area contributed by atoms with E-state index in [-0.39, 0.29) is 29.9 Å². The third-order valence-electron chi connectivity index (χ3n) is 5.06. The predicted octanol–water partition coefficient (Wildman–Crippen LogP) is 3.68. The number of fused-ring (bicyclic) bond motifs is 1. The Morgan fingerprint density at radius 2 is 1.84 bits per heavy atom. The Hall–Kier alpha value is -4.07. The molecular formula is C24H20FN3O4. The van der Waals surface area contributed by atoms with Gasteiger partial charge in [0.25, 0.3) is 0 Å². The van der Waals surface area contributed by atoms with Gasteiger partial charge < -0.3 is 9.84 Å². The zero-order chi connectivity index (χ0) is 22.7. The molecule has 0 saturated heterocycles. The van der Waals surface area contributed by atoms with Gasteiger partial charge >= 0.3 is 5.97 Å². The van der Waals surface area contributed by atoms with Crippen LogP contribution in [0.3, 0.4) is 0 Å². The van der Waals surface area contributed by atoms with Gasteiger partial charge in [0, 0.05) is 30.6 Å². The number of hydrogen-bond donors (Lipinski definition) is 1. The molecule has 0 aliphatic heterocycles. The number of hydrogen-bond acceptors (Lipinski definition) is 5. The quantitative estimate of drug-likeness (QED) is 0.456. The van der Waals surface area contributed by atoms with Crippen LogP contribution >= 0.6 is 0 Å². The first kappa shape index (κ1) is 21.2. The first-order chi connectivity index (χ1) is 15.4. The van der Waals surface area contributed by atoms with Crippen molar-refractivity contribution in [2.75, 3.05) is 7.11 Å². The molecule has 0 spiro atoms. The minimum Gasteiger partial charge on any atom is -0.497 e. The number of aromatic carboxylic acids is 1. The van der Waals surface area contributed by atoms with E-state index in [1.54, 1.807) is 30.1 Å². The molecule has 32 heavy (non-hydrogen) atoms. The number of pyridine rings is 1. The molecule has 0 aliphatic carbocycles. The second kappa shape index (κ2) is 8.97. The molecule has 7 nitrogen and oxygen atoms in total. The van der Waals surface area contributed by atoms with Crippen LogP contribution in [0.5, 0.6) is 5.75 Å². The van der Waals surface area contributed by atoms with E-state index < -0.39 is 11.8 Å². The molecule has 0 unspecified atom stereocenters. The van der Waals surface area contributed by atoms with E-state index in [2.05, 4.69) is 10.1 Å². The fraction of sp³-hybridized carbons (Fsp3) is 0.167. The molecule has 1 N–H and O–H groups in total. The van der Waals surface area contributed by atoms with Crippen LogP contribution in [0, 0.1) is 5.82 Å². The van der Waals surface area contributed by atoms with Crippen molar-refractivity contribution in [2.45, 2.75) is 19.4 Å². The van der Waals surface area contributed by atoms with Gasteiger partial charge in [-0.25, -0.2) is 14.2 Å². The Balaban J connectivity index is 1.49. The van der Waals surface area contributed by atoms with Gasteiger partial charge in [0.05, 0.1) is 19.2 Å². The van der Waals surface area contributed by atoms with Gasteiger partial charge in [-0.2, -0.15) is 5.10 Å².